The first-order valence-electron chi connectivity index (χ1n) is 14.6. The van der Waals surface area contributed by atoms with Crippen molar-refractivity contribution >= 4 is 36.5 Å². The number of halogens is 4. The van der Waals surface area contributed by atoms with Crippen molar-refractivity contribution in [1.82, 2.24) is 4.90 Å². The summed E-state index contributed by atoms with van der Waals surface area (Å²) in [6.07, 6.45) is 0.628. The highest BCUT2D eigenvalue weighted by Gasteiger charge is 2.41. The number of anilines is 2. The molecule has 3 aromatic rings. The molecule has 2 radical (unpaired) electrons. The van der Waals surface area contributed by atoms with E-state index in [0.717, 1.165) is 37.4 Å². The van der Waals surface area contributed by atoms with Gasteiger partial charge in [0, 0.05) is 24.0 Å². The molecule has 0 unspecified atom stereocenters. The maximum atomic E-state index is 15.0. The van der Waals surface area contributed by atoms with E-state index in [2.05, 4.69) is 10.6 Å². The molecule has 2 N–H and O–H groups in total. The van der Waals surface area contributed by atoms with Crippen molar-refractivity contribution in [2.45, 2.75) is 70.6 Å². The number of alkyl halides is 3. The Morgan fingerprint density at radius 1 is 0.930 bits per heavy atom. The van der Waals surface area contributed by atoms with Gasteiger partial charge in [0.15, 0.2) is 0 Å². The fraction of sp³-hybridized carbons (Fsp3) is 0.394. The minimum absolute atomic E-state index is 0.00528. The summed E-state index contributed by atoms with van der Waals surface area (Å²) in [6.45, 7) is 3.28. The van der Waals surface area contributed by atoms with Crippen molar-refractivity contribution in [3.63, 3.8) is 0 Å². The van der Waals surface area contributed by atoms with Crippen LogP contribution < -0.4 is 16.1 Å². The third-order valence-electron chi connectivity index (χ3n) is 8.61. The van der Waals surface area contributed by atoms with E-state index in [4.69, 9.17) is 7.85 Å². The first-order chi connectivity index (χ1) is 20.4. The van der Waals surface area contributed by atoms with Crippen LogP contribution in [-0.4, -0.2) is 37.1 Å². The van der Waals surface area contributed by atoms with E-state index < -0.39 is 41.3 Å². The Morgan fingerprint density at radius 3 is 2.35 bits per heavy atom. The second-order valence-corrected chi connectivity index (χ2v) is 11.6. The molecule has 2 aliphatic rings. The van der Waals surface area contributed by atoms with Gasteiger partial charge in [0.05, 0.1) is 23.1 Å². The summed E-state index contributed by atoms with van der Waals surface area (Å²) < 4.78 is 55.7. The monoisotopic (exact) mass is 591 g/mol. The molecule has 10 heteroatoms. The van der Waals surface area contributed by atoms with Crippen molar-refractivity contribution in [1.29, 1.82) is 0 Å². The number of likely N-dealkylation sites (tertiary alicyclic amines) is 1. The summed E-state index contributed by atoms with van der Waals surface area (Å²) >= 11 is 0. The highest BCUT2D eigenvalue weighted by atomic mass is 19.4. The molecule has 0 aromatic heterocycles. The summed E-state index contributed by atoms with van der Waals surface area (Å²) in [4.78, 5) is 29.2. The molecule has 1 saturated carbocycles. The molecule has 43 heavy (non-hydrogen) atoms. The van der Waals surface area contributed by atoms with Crippen LogP contribution in [0.15, 0.2) is 54.6 Å². The molecule has 1 saturated heterocycles. The molecule has 5 rings (SSSR count). The lowest BCUT2D eigenvalue weighted by molar-refractivity contribution is -0.138. The SMILES string of the molecule is [B]c1cc([C@H]2[C@@H](C(=O)Nc3ccc(C)c(C(F)(F)F)c3)CCCN2C(=O)c2c(C)cccc2F)ccc1NC1CCCC1. The summed E-state index contributed by atoms with van der Waals surface area (Å²) in [5.74, 6) is -2.57. The van der Waals surface area contributed by atoms with Crippen LogP contribution >= 0.6 is 0 Å². The third-order valence-corrected chi connectivity index (χ3v) is 8.61. The van der Waals surface area contributed by atoms with Crippen LogP contribution in [0.1, 0.15) is 77.2 Å². The van der Waals surface area contributed by atoms with Crippen LogP contribution in [0.3, 0.4) is 0 Å². The summed E-state index contributed by atoms with van der Waals surface area (Å²) in [5, 5.41) is 6.13. The highest BCUT2D eigenvalue weighted by Crippen LogP contribution is 2.39. The van der Waals surface area contributed by atoms with Gasteiger partial charge in [0.2, 0.25) is 5.91 Å². The second kappa shape index (κ2) is 12.4. The number of rotatable bonds is 6. The molecule has 2 atom stereocenters. The number of hydrogen-bond donors (Lipinski definition) is 2. The van der Waals surface area contributed by atoms with Gasteiger partial charge in [-0.1, -0.05) is 48.6 Å². The number of piperidine rings is 1. The van der Waals surface area contributed by atoms with Crippen LogP contribution in [0, 0.1) is 25.6 Å². The number of nitrogens with zero attached hydrogens (tertiary/aromatic N) is 1. The molecule has 0 bridgehead atoms. The Kier molecular flexibility index (Phi) is 8.85. The van der Waals surface area contributed by atoms with E-state index in [9.17, 15) is 27.2 Å². The summed E-state index contributed by atoms with van der Waals surface area (Å²) in [6, 6.07) is 12.9. The normalized spacial score (nSPS) is 19.3. The molecular formula is C33H34BF4N3O2. The number of carbonyl (C=O) groups is 2. The fourth-order valence-electron chi connectivity index (χ4n) is 6.38. The van der Waals surface area contributed by atoms with Gasteiger partial charge < -0.3 is 15.5 Å². The van der Waals surface area contributed by atoms with Gasteiger partial charge in [0.25, 0.3) is 5.91 Å². The molecule has 1 heterocycles. The number of nitrogens with one attached hydrogen (secondary N) is 2. The van der Waals surface area contributed by atoms with E-state index in [1.54, 1.807) is 19.1 Å². The maximum Gasteiger partial charge on any atom is 0.416 e. The minimum Gasteiger partial charge on any atom is -0.383 e. The Hall–Kier alpha value is -3.82. The van der Waals surface area contributed by atoms with Crippen molar-refractivity contribution < 1.29 is 27.2 Å². The Labute approximate surface area is 250 Å². The van der Waals surface area contributed by atoms with E-state index in [-0.39, 0.29) is 23.4 Å². The summed E-state index contributed by atoms with van der Waals surface area (Å²) in [7, 11) is 6.47. The molecule has 3 aromatic carbocycles. The molecule has 1 aliphatic heterocycles. The molecule has 5 nitrogen and oxygen atoms in total. The molecule has 224 valence electrons. The highest BCUT2D eigenvalue weighted by molar-refractivity contribution is 6.35. The second-order valence-electron chi connectivity index (χ2n) is 11.6. The topological polar surface area (TPSA) is 61.4 Å². The first kappa shape index (κ1) is 30.6. The molecule has 1 aliphatic carbocycles. The lowest BCUT2D eigenvalue weighted by Gasteiger charge is -2.41. The smallest absolute Gasteiger partial charge is 0.383 e. The van der Waals surface area contributed by atoms with E-state index in [0.29, 0.717) is 35.5 Å². The van der Waals surface area contributed by atoms with E-state index in [1.165, 1.54) is 36.1 Å². The zero-order chi connectivity index (χ0) is 30.9. The lowest BCUT2D eigenvalue weighted by atomic mass is 9.81. The van der Waals surface area contributed by atoms with Crippen molar-refractivity contribution in [2.24, 2.45) is 5.92 Å². The zero-order valence-electron chi connectivity index (χ0n) is 24.2. The summed E-state index contributed by atoms with van der Waals surface area (Å²) in [5.41, 5.74) is 1.41. The predicted molar refractivity (Wildman–Crippen MR) is 160 cm³/mol. The van der Waals surface area contributed by atoms with Crippen LogP contribution in [0.4, 0.5) is 28.9 Å². The Morgan fingerprint density at radius 2 is 1.67 bits per heavy atom. The van der Waals surface area contributed by atoms with Crippen molar-refractivity contribution in [3.05, 3.63) is 88.2 Å². The van der Waals surface area contributed by atoms with Gasteiger partial charge in [-0.25, -0.2) is 4.39 Å². The van der Waals surface area contributed by atoms with Crippen LogP contribution in [0.25, 0.3) is 0 Å². The minimum atomic E-state index is -4.58. The average molecular weight is 591 g/mol. The largest absolute Gasteiger partial charge is 0.416 e. The van der Waals surface area contributed by atoms with Gasteiger partial charge in [-0.2, -0.15) is 13.2 Å². The maximum absolute atomic E-state index is 15.0. The average Bonchev–Trinajstić information content (AvgIpc) is 3.47. The van der Waals surface area contributed by atoms with Crippen LogP contribution in [-0.2, 0) is 11.0 Å². The third kappa shape index (κ3) is 6.58. The lowest BCUT2D eigenvalue weighted by Crippen LogP contribution is -2.47. The molecule has 2 fully saturated rings. The quantitative estimate of drug-likeness (QED) is 0.244. The fourth-order valence-corrected chi connectivity index (χ4v) is 6.38. The Balaban J connectivity index is 1.51. The zero-order valence-corrected chi connectivity index (χ0v) is 24.2. The van der Waals surface area contributed by atoms with Crippen molar-refractivity contribution in [3.8, 4) is 0 Å². The van der Waals surface area contributed by atoms with Crippen LogP contribution in [0.2, 0.25) is 0 Å². The number of carbonyl (C=O) groups excluding carboxylic acids is 2. The van der Waals surface area contributed by atoms with E-state index in [1.807, 2.05) is 12.1 Å². The number of benzene rings is 3. The van der Waals surface area contributed by atoms with Gasteiger partial charge in [0.1, 0.15) is 13.7 Å². The molecule has 0 spiro atoms. The number of aryl methyl sites for hydroxylation is 2. The van der Waals surface area contributed by atoms with Gasteiger partial charge in [-0.3, -0.25) is 9.59 Å². The predicted octanol–water partition coefficient (Wildman–Crippen LogP) is 6.84. The van der Waals surface area contributed by atoms with Gasteiger partial charge in [-0.15, -0.1) is 0 Å². The molecular weight excluding hydrogens is 557 g/mol. The van der Waals surface area contributed by atoms with Gasteiger partial charge >= 0.3 is 6.18 Å². The first-order valence-corrected chi connectivity index (χ1v) is 14.6. The van der Waals surface area contributed by atoms with Crippen molar-refractivity contribution in [2.75, 3.05) is 17.2 Å². The number of hydrogen-bond acceptors (Lipinski definition) is 3. The standard InChI is InChI=1S/C33H34BF4N3O2/c1-19-12-14-23(18-25(19)33(36,37)38)40-31(42)24-10-6-16-41(32(43)29-20(2)7-5-11-27(29)35)30(24)21-13-15-28(26(34)17-21)39-22-8-3-4-9-22/h5,7,11-15,17-18,22,24,30,39H,3-4,6,8-10,16H2,1-2H3,(H,40,42)/t24-,30-/m0/s1. The molecule has 2 amide bonds. The number of amides is 2. The van der Waals surface area contributed by atoms with Gasteiger partial charge in [-0.05, 0) is 80.5 Å². The van der Waals surface area contributed by atoms with E-state index >= 15 is 0 Å². The van der Waals surface area contributed by atoms with Crippen LogP contribution in [0.5, 0.6) is 0 Å². The Bertz CT molecular complexity index is 1500.